The second-order valence-electron chi connectivity index (χ2n) is 6.79. The second kappa shape index (κ2) is 8.27. The van der Waals surface area contributed by atoms with Crippen LogP contribution in [0.25, 0.3) is 0 Å². The molecule has 1 aromatic heterocycles. The fraction of sp³-hybridized carbons (Fsp3) is 0.273. The molecule has 0 unspecified atom stereocenters. The van der Waals surface area contributed by atoms with Crippen LogP contribution in [0.15, 0.2) is 54.7 Å². The number of para-hydroxylation sites is 1. The number of hydrogen-bond acceptors (Lipinski definition) is 6. The molecule has 1 aliphatic rings. The summed E-state index contributed by atoms with van der Waals surface area (Å²) >= 11 is 0. The Morgan fingerprint density at radius 3 is 2.64 bits per heavy atom. The molecule has 0 spiro atoms. The first-order chi connectivity index (χ1) is 13.7. The molecule has 144 valence electrons. The number of nitrogens with one attached hydrogen (secondary N) is 1. The van der Waals surface area contributed by atoms with Gasteiger partial charge in [0.05, 0.1) is 19.9 Å². The van der Waals surface area contributed by atoms with Gasteiger partial charge in [-0.25, -0.2) is 9.97 Å². The van der Waals surface area contributed by atoms with Crippen LogP contribution >= 0.6 is 0 Å². The summed E-state index contributed by atoms with van der Waals surface area (Å²) in [5.41, 5.74) is 4.44. The molecule has 0 bridgehead atoms. The molecule has 0 radical (unpaired) electrons. The highest BCUT2D eigenvalue weighted by Crippen LogP contribution is 2.24. The molecule has 2 heterocycles. The molecule has 0 amide bonds. The van der Waals surface area contributed by atoms with Crippen molar-refractivity contribution in [2.45, 2.75) is 19.5 Å². The lowest BCUT2D eigenvalue weighted by atomic mass is 10.1. The molecule has 6 heteroatoms. The van der Waals surface area contributed by atoms with E-state index in [9.17, 15) is 0 Å². The predicted octanol–water partition coefficient (Wildman–Crippen LogP) is 3.80. The zero-order valence-corrected chi connectivity index (χ0v) is 16.2. The van der Waals surface area contributed by atoms with Crippen LogP contribution in [0.5, 0.6) is 11.5 Å². The Morgan fingerprint density at radius 1 is 1.04 bits per heavy atom. The van der Waals surface area contributed by atoms with Crippen molar-refractivity contribution in [1.82, 2.24) is 14.9 Å². The number of rotatable bonds is 6. The topological polar surface area (TPSA) is 59.5 Å². The highest BCUT2D eigenvalue weighted by molar-refractivity contribution is 5.54. The van der Waals surface area contributed by atoms with Gasteiger partial charge in [0.1, 0.15) is 11.5 Å². The smallest absolute Gasteiger partial charge is 0.227 e. The molecular weight excluding hydrogens is 352 g/mol. The number of aromatic nitrogens is 2. The average Bonchev–Trinajstić information content (AvgIpc) is 2.75. The Balaban J connectivity index is 1.43. The van der Waals surface area contributed by atoms with Gasteiger partial charge in [0, 0.05) is 49.1 Å². The van der Waals surface area contributed by atoms with Crippen LogP contribution < -0.4 is 14.8 Å². The molecule has 0 saturated carbocycles. The van der Waals surface area contributed by atoms with Gasteiger partial charge in [-0.05, 0) is 30.3 Å². The maximum absolute atomic E-state index is 5.48. The van der Waals surface area contributed by atoms with E-state index in [0.29, 0.717) is 5.95 Å². The third-order valence-corrected chi connectivity index (χ3v) is 4.95. The van der Waals surface area contributed by atoms with Crippen molar-refractivity contribution < 1.29 is 9.47 Å². The second-order valence-corrected chi connectivity index (χ2v) is 6.79. The minimum Gasteiger partial charge on any atom is -0.497 e. The van der Waals surface area contributed by atoms with Gasteiger partial charge in [-0.15, -0.1) is 0 Å². The van der Waals surface area contributed by atoms with Crippen molar-refractivity contribution in [2.24, 2.45) is 0 Å². The van der Waals surface area contributed by atoms with Gasteiger partial charge in [0.15, 0.2) is 0 Å². The predicted molar refractivity (Wildman–Crippen MR) is 109 cm³/mol. The van der Waals surface area contributed by atoms with E-state index in [0.717, 1.165) is 48.9 Å². The number of hydrogen-bond donors (Lipinski definition) is 1. The molecule has 2 aromatic carbocycles. The van der Waals surface area contributed by atoms with Gasteiger partial charge in [0.2, 0.25) is 5.95 Å². The van der Waals surface area contributed by atoms with Gasteiger partial charge in [-0.1, -0.05) is 18.2 Å². The van der Waals surface area contributed by atoms with Crippen molar-refractivity contribution in [3.63, 3.8) is 0 Å². The summed E-state index contributed by atoms with van der Waals surface area (Å²) in [5.74, 6) is 2.39. The standard InChI is InChI=1S/C22H24N4O2/c1-27-19-9-7-18(8-10-19)24-22-23-13-17-15-26(12-11-20(17)25-22)14-16-5-3-4-6-21(16)28-2/h3-10,13H,11-12,14-15H2,1-2H3,(H,23,24,25). The van der Waals surface area contributed by atoms with Gasteiger partial charge in [-0.3, -0.25) is 4.90 Å². The lowest BCUT2D eigenvalue weighted by molar-refractivity contribution is 0.239. The summed E-state index contributed by atoms with van der Waals surface area (Å²) < 4.78 is 10.7. The molecule has 0 saturated heterocycles. The molecule has 1 N–H and O–H groups in total. The van der Waals surface area contributed by atoms with Gasteiger partial charge < -0.3 is 14.8 Å². The van der Waals surface area contributed by atoms with Crippen LogP contribution in [0.2, 0.25) is 0 Å². The number of benzene rings is 2. The molecule has 0 aliphatic carbocycles. The van der Waals surface area contributed by atoms with E-state index >= 15 is 0 Å². The number of ether oxygens (including phenoxy) is 2. The van der Waals surface area contributed by atoms with Crippen LogP contribution in [-0.2, 0) is 19.5 Å². The SMILES string of the molecule is COc1ccc(Nc2ncc3c(n2)CCN(Cc2ccccc2OC)C3)cc1. The first kappa shape index (κ1) is 18.3. The largest absolute Gasteiger partial charge is 0.497 e. The molecule has 1 aliphatic heterocycles. The van der Waals surface area contributed by atoms with Gasteiger partial charge in [-0.2, -0.15) is 0 Å². The summed E-state index contributed by atoms with van der Waals surface area (Å²) in [5, 5.41) is 3.26. The highest BCUT2D eigenvalue weighted by atomic mass is 16.5. The molecule has 3 aromatic rings. The van der Waals surface area contributed by atoms with Crippen LogP contribution in [-0.4, -0.2) is 35.6 Å². The van der Waals surface area contributed by atoms with Gasteiger partial charge in [0.25, 0.3) is 0 Å². The van der Waals surface area contributed by atoms with Crippen LogP contribution in [0.4, 0.5) is 11.6 Å². The van der Waals surface area contributed by atoms with E-state index in [1.54, 1.807) is 14.2 Å². The normalized spacial score (nSPS) is 13.6. The van der Waals surface area contributed by atoms with Gasteiger partial charge >= 0.3 is 0 Å². The number of methoxy groups -OCH3 is 2. The van der Waals surface area contributed by atoms with E-state index in [1.165, 1.54) is 11.1 Å². The summed E-state index contributed by atoms with van der Waals surface area (Å²) in [4.78, 5) is 11.6. The first-order valence-electron chi connectivity index (χ1n) is 9.35. The Morgan fingerprint density at radius 2 is 1.86 bits per heavy atom. The summed E-state index contributed by atoms with van der Waals surface area (Å²) in [6.45, 7) is 2.66. The fourth-order valence-corrected chi connectivity index (χ4v) is 3.45. The minimum absolute atomic E-state index is 0.627. The van der Waals surface area contributed by atoms with E-state index in [-0.39, 0.29) is 0 Å². The van der Waals surface area contributed by atoms with Crippen LogP contribution in [0, 0.1) is 0 Å². The summed E-state index contributed by atoms with van der Waals surface area (Å²) in [6.07, 6.45) is 2.84. The zero-order chi connectivity index (χ0) is 19.3. The first-order valence-corrected chi connectivity index (χ1v) is 9.35. The van der Waals surface area contributed by atoms with Crippen molar-refractivity contribution in [2.75, 3.05) is 26.1 Å². The summed E-state index contributed by atoms with van der Waals surface area (Å²) in [6, 6.07) is 15.9. The van der Waals surface area contributed by atoms with E-state index in [2.05, 4.69) is 27.3 Å². The van der Waals surface area contributed by atoms with E-state index < -0.39 is 0 Å². The zero-order valence-electron chi connectivity index (χ0n) is 16.2. The monoisotopic (exact) mass is 376 g/mol. The Bertz CT molecular complexity index is 944. The van der Waals surface area contributed by atoms with Crippen molar-refractivity contribution in [3.05, 3.63) is 71.5 Å². The van der Waals surface area contributed by atoms with Crippen LogP contribution in [0.3, 0.4) is 0 Å². The van der Waals surface area contributed by atoms with E-state index in [4.69, 9.17) is 14.5 Å². The lowest BCUT2D eigenvalue weighted by Gasteiger charge is -2.28. The average molecular weight is 376 g/mol. The molecule has 4 rings (SSSR count). The molecule has 28 heavy (non-hydrogen) atoms. The maximum Gasteiger partial charge on any atom is 0.227 e. The number of nitrogens with zero attached hydrogens (tertiary/aromatic N) is 3. The molecule has 0 fully saturated rings. The molecule has 6 nitrogen and oxygen atoms in total. The Labute approximate surface area is 165 Å². The quantitative estimate of drug-likeness (QED) is 0.706. The highest BCUT2D eigenvalue weighted by Gasteiger charge is 2.19. The number of fused-ring (bicyclic) bond motifs is 1. The van der Waals surface area contributed by atoms with Crippen LogP contribution in [0.1, 0.15) is 16.8 Å². The Hall–Kier alpha value is -3.12. The van der Waals surface area contributed by atoms with Crippen molar-refractivity contribution >= 4 is 11.6 Å². The maximum atomic E-state index is 5.48. The minimum atomic E-state index is 0.627. The van der Waals surface area contributed by atoms with E-state index in [1.807, 2.05) is 42.6 Å². The molecule has 0 atom stereocenters. The fourth-order valence-electron chi connectivity index (χ4n) is 3.45. The third kappa shape index (κ3) is 4.07. The van der Waals surface area contributed by atoms with Crippen molar-refractivity contribution in [3.8, 4) is 11.5 Å². The van der Waals surface area contributed by atoms with Crippen molar-refractivity contribution in [1.29, 1.82) is 0 Å². The Kier molecular flexibility index (Phi) is 5.39. The molecular formula is C22H24N4O2. The number of anilines is 2. The third-order valence-electron chi connectivity index (χ3n) is 4.95. The lowest BCUT2D eigenvalue weighted by Crippen LogP contribution is -2.31. The summed E-state index contributed by atoms with van der Waals surface area (Å²) in [7, 11) is 3.38.